The van der Waals surface area contributed by atoms with Crippen LogP contribution in [0.2, 0.25) is 0 Å². The Labute approximate surface area is 170 Å². The molecule has 2 amide bonds. The molecule has 0 radical (unpaired) electrons. The van der Waals surface area contributed by atoms with Gasteiger partial charge in [-0.15, -0.1) is 0 Å². The lowest BCUT2D eigenvalue weighted by molar-refractivity contribution is -0.114. The summed E-state index contributed by atoms with van der Waals surface area (Å²) in [4.78, 5) is 26.2. The van der Waals surface area contributed by atoms with Crippen molar-refractivity contribution in [1.82, 2.24) is 4.90 Å². The molecule has 0 aromatic heterocycles. The fraction of sp³-hybridized carbons (Fsp3) is 0.300. The normalized spacial score (nSPS) is 16.3. The number of rotatable bonds is 6. The minimum atomic E-state index is -3.56. The smallest absolute Gasteiger partial charge is 0.256 e. The topological polar surface area (TPSA) is 108 Å². The Morgan fingerprint density at radius 2 is 1.79 bits per heavy atom. The molecular formula is C20H24N4O4S. The van der Waals surface area contributed by atoms with Gasteiger partial charge in [0.1, 0.15) is 0 Å². The van der Waals surface area contributed by atoms with E-state index >= 15 is 0 Å². The number of benzene rings is 2. The van der Waals surface area contributed by atoms with E-state index in [9.17, 15) is 18.0 Å². The molecule has 1 aliphatic heterocycles. The molecule has 1 unspecified atom stereocenters. The van der Waals surface area contributed by atoms with Crippen LogP contribution in [0.5, 0.6) is 0 Å². The first kappa shape index (κ1) is 20.7. The summed E-state index contributed by atoms with van der Waals surface area (Å²) in [5, 5.41) is 6.03. The maximum absolute atomic E-state index is 13.1. The first-order valence-electron chi connectivity index (χ1n) is 9.21. The second-order valence-electron chi connectivity index (χ2n) is 7.06. The van der Waals surface area contributed by atoms with Gasteiger partial charge in [0.2, 0.25) is 15.9 Å². The van der Waals surface area contributed by atoms with E-state index < -0.39 is 10.0 Å². The van der Waals surface area contributed by atoms with Crippen LogP contribution >= 0.6 is 0 Å². The molecule has 0 bridgehead atoms. The van der Waals surface area contributed by atoms with Crippen molar-refractivity contribution in [3.63, 3.8) is 0 Å². The van der Waals surface area contributed by atoms with Gasteiger partial charge in [0.15, 0.2) is 0 Å². The van der Waals surface area contributed by atoms with Crippen molar-refractivity contribution in [1.29, 1.82) is 0 Å². The monoisotopic (exact) mass is 416 g/mol. The van der Waals surface area contributed by atoms with E-state index in [2.05, 4.69) is 15.4 Å². The lowest BCUT2D eigenvalue weighted by atomic mass is 10.1. The molecule has 1 saturated heterocycles. The Kier molecular flexibility index (Phi) is 6.07. The number of carbonyl (C=O) groups excluding carboxylic acids is 2. The molecule has 2 aromatic carbocycles. The number of nitrogens with one attached hydrogen (secondary N) is 3. The SMILES string of the molecule is CC(=O)Nc1ccc(NS(C)(=O)=O)c(C(=O)N2CCC(Nc3ccccc3)C2)c1. The fourth-order valence-electron chi connectivity index (χ4n) is 3.29. The zero-order chi connectivity index (χ0) is 21.0. The third-order valence-corrected chi connectivity index (χ3v) is 5.08. The molecule has 1 heterocycles. The number of anilines is 3. The average Bonchev–Trinajstić information content (AvgIpc) is 3.10. The fourth-order valence-corrected chi connectivity index (χ4v) is 3.87. The minimum absolute atomic E-state index is 0.103. The number of likely N-dealkylation sites (tertiary alicyclic amines) is 1. The van der Waals surface area contributed by atoms with Crippen LogP contribution in [-0.4, -0.2) is 50.5 Å². The molecule has 1 aliphatic rings. The predicted molar refractivity (Wildman–Crippen MR) is 114 cm³/mol. The van der Waals surface area contributed by atoms with Gasteiger partial charge in [-0.25, -0.2) is 8.42 Å². The highest BCUT2D eigenvalue weighted by molar-refractivity contribution is 7.92. The molecule has 3 N–H and O–H groups in total. The van der Waals surface area contributed by atoms with Crippen molar-refractivity contribution < 1.29 is 18.0 Å². The van der Waals surface area contributed by atoms with Crippen molar-refractivity contribution in [2.45, 2.75) is 19.4 Å². The molecule has 3 rings (SSSR count). The summed E-state index contributed by atoms with van der Waals surface area (Å²) < 4.78 is 25.8. The van der Waals surface area contributed by atoms with Crippen molar-refractivity contribution in [2.24, 2.45) is 0 Å². The van der Waals surface area contributed by atoms with Gasteiger partial charge in [-0.2, -0.15) is 0 Å². The molecule has 1 fully saturated rings. The Morgan fingerprint density at radius 3 is 2.45 bits per heavy atom. The maximum Gasteiger partial charge on any atom is 0.256 e. The van der Waals surface area contributed by atoms with Gasteiger partial charge in [-0.1, -0.05) is 18.2 Å². The molecule has 1 atom stereocenters. The molecule has 9 heteroatoms. The predicted octanol–water partition coefficient (Wildman–Crippen LogP) is 2.34. The third kappa shape index (κ3) is 5.71. The lowest BCUT2D eigenvalue weighted by Crippen LogP contribution is -2.32. The molecular weight excluding hydrogens is 392 g/mol. The zero-order valence-corrected chi connectivity index (χ0v) is 17.1. The summed E-state index contributed by atoms with van der Waals surface area (Å²) in [6, 6.07) is 14.4. The van der Waals surface area contributed by atoms with Crippen LogP contribution < -0.4 is 15.4 Å². The van der Waals surface area contributed by atoms with E-state index in [0.717, 1.165) is 18.4 Å². The molecule has 154 valence electrons. The highest BCUT2D eigenvalue weighted by Crippen LogP contribution is 2.25. The van der Waals surface area contributed by atoms with Gasteiger partial charge >= 0.3 is 0 Å². The number of para-hydroxylation sites is 1. The highest BCUT2D eigenvalue weighted by atomic mass is 32.2. The zero-order valence-electron chi connectivity index (χ0n) is 16.3. The van der Waals surface area contributed by atoms with Crippen molar-refractivity contribution >= 4 is 38.9 Å². The Bertz CT molecular complexity index is 1010. The van der Waals surface area contributed by atoms with E-state index in [-0.39, 0.29) is 29.1 Å². The van der Waals surface area contributed by atoms with E-state index in [1.807, 2.05) is 30.3 Å². The molecule has 8 nitrogen and oxygen atoms in total. The van der Waals surface area contributed by atoms with Gasteiger partial charge in [0.25, 0.3) is 5.91 Å². The summed E-state index contributed by atoms with van der Waals surface area (Å²) in [7, 11) is -3.56. The summed E-state index contributed by atoms with van der Waals surface area (Å²) in [6.07, 6.45) is 1.81. The van der Waals surface area contributed by atoms with Crippen LogP contribution in [0.15, 0.2) is 48.5 Å². The van der Waals surface area contributed by atoms with Crippen molar-refractivity contribution in [2.75, 3.05) is 34.7 Å². The molecule has 0 aliphatic carbocycles. The minimum Gasteiger partial charge on any atom is -0.380 e. The van der Waals surface area contributed by atoms with E-state index in [1.54, 1.807) is 11.0 Å². The van der Waals surface area contributed by atoms with Crippen LogP contribution in [0.3, 0.4) is 0 Å². The number of hydrogen-bond acceptors (Lipinski definition) is 5. The third-order valence-electron chi connectivity index (χ3n) is 4.49. The van der Waals surface area contributed by atoms with Crippen LogP contribution in [0.25, 0.3) is 0 Å². The number of nitrogens with zero attached hydrogens (tertiary/aromatic N) is 1. The number of carbonyl (C=O) groups is 2. The Hall–Kier alpha value is -3.07. The largest absolute Gasteiger partial charge is 0.380 e. The number of hydrogen-bond donors (Lipinski definition) is 3. The van der Waals surface area contributed by atoms with E-state index in [4.69, 9.17) is 0 Å². The second-order valence-corrected chi connectivity index (χ2v) is 8.81. The summed E-state index contributed by atoms with van der Waals surface area (Å²) in [5.74, 6) is -0.568. The Balaban J connectivity index is 1.80. The average molecular weight is 417 g/mol. The summed E-state index contributed by atoms with van der Waals surface area (Å²) >= 11 is 0. The van der Waals surface area contributed by atoms with Crippen LogP contribution in [0.4, 0.5) is 17.1 Å². The molecule has 29 heavy (non-hydrogen) atoms. The first-order valence-corrected chi connectivity index (χ1v) is 11.1. The van der Waals surface area contributed by atoms with Crippen LogP contribution in [0.1, 0.15) is 23.7 Å². The lowest BCUT2D eigenvalue weighted by Gasteiger charge is -2.20. The van der Waals surface area contributed by atoms with Gasteiger partial charge in [-0.3, -0.25) is 14.3 Å². The van der Waals surface area contributed by atoms with Crippen molar-refractivity contribution in [3.05, 3.63) is 54.1 Å². The molecule has 0 saturated carbocycles. The highest BCUT2D eigenvalue weighted by Gasteiger charge is 2.29. The maximum atomic E-state index is 13.1. The number of sulfonamides is 1. The second kappa shape index (κ2) is 8.52. The first-order chi connectivity index (χ1) is 13.7. The van der Waals surface area contributed by atoms with Gasteiger partial charge in [0, 0.05) is 37.4 Å². The molecule has 2 aromatic rings. The van der Waals surface area contributed by atoms with E-state index in [1.165, 1.54) is 19.1 Å². The van der Waals surface area contributed by atoms with Crippen LogP contribution in [-0.2, 0) is 14.8 Å². The van der Waals surface area contributed by atoms with Crippen molar-refractivity contribution in [3.8, 4) is 0 Å². The quantitative estimate of drug-likeness (QED) is 0.670. The van der Waals surface area contributed by atoms with Gasteiger partial charge < -0.3 is 15.5 Å². The van der Waals surface area contributed by atoms with Gasteiger partial charge in [-0.05, 0) is 36.8 Å². The van der Waals surface area contributed by atoms with Crippen LogP contribution in [0, 0.1) is 0 Å². The summed E-state index contributed by atoms with van der Waals surface area (Å²) in [5.41, 5.74) is 1.80. The standard InChI is InChI=1S/C20H24N4O4S/c1-14(25)21-16-8-9-19(23-29(2,27)28)18(12-16)20(26)24-11-10-17(13-24)22-15-6-4-3-5-7-15/h3-9,12,17,22-23H,10-11,13H2,1-2H3,(H,21,25). The summed E-state index contributed by atoms with van der Waals surface area (Å²) in [6.45, 7) is 2.41. The number of amides is 2. The Morgan fingerprint density at radius 1 is 1.07 bits per heavy atom. The van der Waals surface area contributed by atoms with Gasteiger partial charge in [0.05, 0.1) is 17.5 Å². The van der Waals surface area contributed by atoms with E-state index in [0.29, 0.717) is 18.8 Å². The molecule has 0 spiro atoms.